The number of Topliss-reactive ketones (excluding diaryl/α,β-unsaturated/α-hetero) is 1. The lowest BCUT2D eigenvalue weighted by Gasteiger charge is -2.27. The average molecular weight is 1000 g/mol. The van der Waals surface area contributed by atoms with Crippen molar-refractivity contribution in [1.82, 2.24) is 31.1 Å². The summed E-state index contributed by atoms with van der Waals surface area (Å²) < 4.78 is 0. The van der Waals surface area contributed by atoms with Crippen LogP contribution in [0.3, 0.4) is 0 Å². The number of nitrogens with zero attached hydrogens (tertiary/aromatic N) is 2. The fourth-order valence-corrected chi connectivity index (χ4v) is 9.88. The van der Waals surface area contributed by atoms with Gasteiger partial charge in [0.05, 0.1) is 6.04 Å². The zero-order valence-corrected chi connectivity index (χ0v) is 44.4. The van der Waals surface area contributed by atoms with E-state index in [1.165, 1.54) is 103 Å². The Labute approximate surface area is 426 Å². The van der Waals surface area contributed by atoms with Crippen LogP contribution in [0.4, 0.5) is 0 Å². The second-order valence-corrected chi connectivity index (χ2v) is 20.3. The number of hydrogen-bond acceptors (Lipinski definition) is 9. The molecule has 0 bridgehead atoms. The monoisotopic (exact) mass is 1000 g/mol. The van der Waals surface area contributed by atoms with Gasteiger partial charge in [-0.2, -0.15) is 0 Å². The summed E-state index contributed by atoms with van der Waals surface area (Å²) in [5.41, 5.74) is 0. The van der Waals surface area contributed by atoms with Gasteiger partial charge in [-0.25, -0.2) is 0 Å². The number of amides is 6. The summed E-state index contributed by atoms with van der Waals surface area (Å²) in [6, 6.07) is -4.61. The highest BCUT2D eigenvalue weighted by molar-refractivity contribution is 5.95. The minimum Gasteiger partial charge on any atom is -0.481 e. The predicted molar refractivity (Wildman–Crippen MR) is 277 cm³/mol. The van der Waals surface area contributed by atoms with Gasteiger partial charge in [0, 0.05) is 45.3 Å². The zero-order chi connectivity index (χ0) is 52.1. The number of aldehydes is 1. The largest absolute Gasteiger partial charge is 0.481 e. The number of likely N-dealkylation sites (tertiary alicyclic amines) is 2. The molecule has 2 aliphatic heterocycles. The lowest BCUT2D eigenvalue weighted by atomic mass is 10.0. The molecule has 0 spiro atoms. The van der Waals surface area contributed by atoms with Crippen molar-refractivity contribution in [2.24, 2.45) is 0 Å². The maximum atomic E-state index is 13.6. The van der Waals surface area contributed by atoms with E-state index in [4.69, 9.17) is 0 Å². The van der Waals surface area contributed by atoms with Crippen LogP contribution < -0.4 is 21.3 Å². The summed E-state index contributed by atoms with van der Waals surface area (Å²) in [7, 11) is 0. The van der Waals surface area contributed by atoms with Crippen LogP contribution in [0.2, 0.25) is 0 Å². The van der Waals surface area contributed by atoms with Crippen LogP contribution >= 0.6 is 0 Å². The van der Waals surface area contributed by atoms with E-state index in [0.717, 1.165) is 44.9 Å². The SMILES string of the molecule is CCCCCCCCCCCCCC(=O)N1CCCC1C(=O)NC(CCC=O)C(=O)NCCCCC(NC(=O)C(CCC(=O)O)NC(=O)C1CCCN1C(=O)CCCCCCCCCCCCC)C(C)=O. The molecule has 16 nitrogen and oxygen atoms in total. The Morgan fingerprint density at radius 2 is 0.930 bits per heavy atom. The third-order valence-electron chi connectivity index (χ3n) is 14.3. The predicted octanol–water partition coefficient (Wildman–Crippen LogP) is 8.54. The molecule has 406 valence electrons. The van der Waals surface area contributed by atoms with Crippen LogP contribution in [-0.4, -0.2) is 118 Å². The van der Waals surface area contributed by atoms with Crippen LogP contribution in [0, 0.1) is 0 Å². The molecular formula is C55H96N6O10. The van der Waals surface area contributed by atoms with Crippen LogP contribution in [-0.2, 0) is 43.2 Å². The first-order chi connectivity index (χ1) is 34.3. The highest BCUT2D eigenvalue weighted by Crippen LogP contribution is 2.23. The first-order valence-corrected chi connectivity index (χ1v) is 28.3. The summed E-state index contributed by atoms with van der Waals surface area (Å²) in [5, 5.41) is 20.4. The average Bonchev–Trinajstić information content (AvgIpc) is 4.06. The molecule has 0 aromatic heterocycles. The fourth-order valence-electron chi connectivity index (χ4n) is 9.88. The molecule has 5 unspecified atom stereocenters. The molecule has 2 rings (SSSR count). The van der Waals surface area contributed by atoms with Gasteiger partial charge in [-0.15, -0.1) is 0 Å². The first-order valence-electron chi connectivity index (χ1n) is 28.3. The van der Waals surface area contributed by atoms with Crippen molar-refractivity contribution in [2.45, 2.75) is 276 Å². The van der Waals surface area contributed by atoms with Gasteiger partial charge in [-0.05, 0) is 77.6 Å². The molecule has 2 saturated heterocycles. The van der Waals surface area contributed by atoms with Crippen LogP contribution in [0.1, 0.15) is 245 Å². The number of aliphatic carboxylic acids is 1. The number of nitrogens with one attached hydrogen (secondary N) is 4. The molecule has 71 heavy (non-hydrogen) atoms. The molecule has 2 heterocycles. The zero-order valence-electron chi connectivity index (χ0n) is 44.4. The maximum absolute atomic E-state index is 13.6. The Hall–Kier alpha value is -4.37. The van der Waals surface area contributed by atoms with Gasteiger partial charge in [0.25, 0.3) is 0 Å². The topological polar surface area (TPSA) is 228 Å². The van der Waals surface area contributed by atoms with E-state index in [2.05, 4.69) is 35.1 Å². The molecule has 2 aliphatic rings. The Bertz CT molecular complexity index is 1590. The third-order valence-corrected chi connectivity index (χ3v) is 14.3. The minimum atomic E-state index is -1.24. The second-order valence-electron chi connectivity index (χ2n) is 20.3. The summed E-state index contributed by atoms with van der Waals surface area (Å²) in [4.78, 5) is 119. The number of unbranched alkanes of at least 4 members (excludes halogenated alkanes) is 21. The third kappa shape index (κ3) is 27.3. The molecule has 5 N–H and O–H groups in total. The number of carbonyl (C=O) groups is 9. The van der Waals surface area contributed by atoms with Gasteiger partial charge in [0.15, 0.2) is 5.78 Å². The molecule has 16 heteroatoms. The van der Waals surface area contributed by atoms with Crippen molar-refractivity contribution in [3.8, 4) is 0 Å². The van der Waals surface area contributed by atoms with E-state index < -0.39 is 66.2 Å². The molecule has 0 saturated carbocycles. The second kappa shape index (κ2) is 39.2. The van der Waals surface area contributed by atoms with E-state index in [1.54, 1.807) is 9.80 Å². The van der Waals surface area contributed by atoms with E-state index >= 15 is 0 Å². The van der Waals surface area contributed by atoms with E-state index in [-0.39, 0.29) is 49.8 Å². The highest BCUT2D eigenvalue weighted by Gasteiger charge is 2.37. The van der Waals surface area contributed by atoms with Crippen molar-refractivity contribution >= 4 is 53.5 Å². The molecule has 0 aromatic rings. The van der Waals surface area contributed by atoms with E-state index in [0.29, 0.717) is 70.7 Å². The number of rotatable bonds is 43. The van der Waals surface area contributed by atoms with Crippen molar-refractivity contribution in [2.75, 3.05) is 19.6 Å². The highest BCUT2D eigenvalue weighted by atomic mass is 16.4. The van der Waals surface area contributed by atoms with Crippen molar-refractivity contribution in [1.29, 1.82) is 0 Å². The first kappa shape index (κ1) is 62.7. The Balaban J connectivity index is 1.82. The van der Waals surface area contributed by atoms with Gasteiger partial charge in [0.1, 0.15) is 30.5 Å². The smallest absolute Gasteiger partial charge is 0.303 e. The van der Waals surface area contributed by atoms with Crippen molar-refractivity contribution < 1.29 is 48.3 Å². The molecule has 6 amide bonds. The maximum Gasteiger partial charge on any atom is 0.303 e. The fraction of sp³-hybridized carbons (Fsp3) is 0.836. The van der Waals surface area contributed by atoms with Gasteiger partial charge in [-0.1, -0.05) is 142 Å². The lowest BCUT2D eigenvalue weighted by Crippen LogP contribution is -2.55. The Morgan fingerprint density at radius 1 is 0.507 bits per heavy atom. The van der Waals surface area contributed by atoms with Gasteiger partial charge < -0.3 is 41.0 Å². The van der Waals surface area contributed by atoms with Gasteiger partial charge in [-0.3, -0.25) is 38.4 Å². The molecular weight excluding hydrogens is 905 g/mol. The summed E-state index contributed by atoms with van der Waals surface area (Å²) in [6.45, 7) is 6.87. The molecule has 5 atom stereocenters. The van der Waals surface area contributed by atoms with Crippen LogP contribution in [0.25, 0.3) is 0 Å². The Kier molecular flexibility index (Phi) is 34.6. The number of hydrogen-bond donors (Lipinski definition) is 5. The van der Waals surface area contributed by atoms with Crippen molar-refractivity contribution in [3.63, 3.8) is 0 Å². The van der Waals surface area contributed by atoms with Crippen LogP contribution in [0.5, 0.6) is 0 Å². The summed E-state index contributed by atoms with van der Waals surface area (Å²) >= 11 is 0. The van der Waals surface area contributed by atoms with Gasteiger partial charge in [0.2, 0.25) is 35.4 Å². The standard InChI is InChI=1S/C55H96N6O10/c1-4-6-8-10-12-14-16-18-20-22-24-35-49(64)60-40-28-33-47(60)54(70)58-45(32-30-42-62)52(68)56-39-27-26-31-44(43(3)63)57-53(69)46(37-38-51(66)67)59-55(71)48-34-29-41-61(48)50(65)36-25-23-21-19-17-15-13-11-9-7-5-2/h42,44-48H,4-41H2,1-3H3,(H,56,68)(H,57,69)(H,58,70)(H,59,71)(H,66,67). The quantitative estimate of drug-likeness (QED) is 0.0289. The number of carboxylic acid groups (broad SMARTS) is 1. The minimum absolute atomic E-state index is 0.0505. The van der Waals surface area contributed by atoms with E-state index in [9.17, 15) is 48.3 Å². The van der Waals surface area contributed by atoms with Crippen LogP contribution in [0.15, 0.2) is 0 Å². The number of carbonyl (C=O) groups excluding carboxylic acids is 8. The van der Waals surface area contributed by atoms with E-state index in [1.807, 2.05) is 0 Å². The molecule has 0 aromatic carbocycles. The molecule has 0 radical (unpaired) electrons. The van der Waals surface area contributed by atoms with Gasteiger partial charge >= 0.3 is 5.97 Å². The summed E-state index contributed by atoms with van der Waals surface area (Å²) in [6.07, 6.45) is 30.0. The molecule has 0 aliphatic carbocycles. The molecule has 2 fully saturated rings. The normalized spacial score (nSPS) is 16.8. The lowest BCUT2D eigenvalue weighted by molar-refractivity contribution is -0.140. The number of ketones is 1. The van der Waals surface area contributed by atoms with Crippen molar-refractivity contribution in [3.05, 3.63) is 0 Å². The number of carboxylic acids is 1. The Morgan fingerprint density at radius 3 is 1.34 bits per heavy atom. The summed E-state index contributed by atoms with van der Waals surface area (Å²) in [5.74, 6) is -3.76.